The third-order valence-electron chi connectivity index (χ3n) is 4.59. The van der Waals surface area contributed by atoms with Crippen molar-refractivity contribution >= 4 is 5.97 Å². The molecule has 5 nitrogen and oxygen atoms in total. The van der Waals surface area contributed by atoms with E-state index in [1.165, 1.54) is 19.3 Å². The van der Waals surface area contributed by atoms with Crippen LogP contribution in [-0.2, 0) is 19.0 Å². The van der Waals surface area contributed by atoms with Gasteiger partial charge < -0.3 is 19.3 Å². The summed E-state index contributed by atoms with van der Waals surface area (Å²) in [6, 6.07) is 0. The number of carbonyl (C=O) groups is 1. The van der Waals surface area contributed by atoms with Crippen LogP contribution in [0.15, 0.2) is 0 Å². The highest BCUT2D eigenvalue weighted by Crippen LogP contribution is 2.49. The second-order valence-corrected chi connectivity index (χ2v) is 5.94. The summed E-state index contributed by atoms with van der Waals surface area (Å²) < 4.78 is 15.1. The maximum Gasteiger partial charge on any atom is 0.308 e. The van der Waals surface area contributed by atoms with E-state index >= 15 is 0 Å². The molecule has 0 radical (unpaired) electrons. The molecule has 2 saturated carbocycles. The smallest absolute Gasteiger partial charge is 0.308 e. The second-order valence-electron chi connectivity index (χ2n) is 5.94. The van der Waals surface area contributed by atoms with Gasteiger partial charge in [-0.25, -0.2) is 0 Å². The van der Waals surface area contributed by atoms with Gasteiger partial charge in [0.15, 0.2) is 0 Å². The summed E-state index contributed by atoms with van der Waals surface area (Å²) in [4.78, 5) is 11.6. The maximum absolute atomic E-state index is 11.6. The summed E-state index contributed by atoms with van der Waals surface area (Å²) in [6.45, 7) is 1.66. The Morgan fingerprint density at radius 3 is 2.65 bits per heavy atom. The van der Waals surface area contributed by atoms with Crippen LogP contribution in [0.25, 0.3) is 0 Å². The Hall–Kier alpha value is -0.650. The summed E-state index contributed by atoms with van der Waals surface area (Å²) in [5, 5.41) is 10.2. The lowest BCUT2D eigenvalue weighted by Crippen LogP contribution is -2.29. The molecule has 5 heteroatoms. The number of hydrogen-bond acceptors (Lipinski definition) is 5. The fraction of sp³-hybridized carbons (Fsp3) is 0.933. The van der Waals surface area contributed by atoms with Gasteiger partial charge in [0.1, 0.15) is 6.61 Å². The van der Waals surface area contributed by atoms with Crippen LogP contribution >= 0.6 is 0 Å². The van der Waals surface area contributed by atoms with E-state index < -0.39 is 6.10 Å². The van der Waals surface area contributed by atoms with E-state index in [1.807, 2.05) is 0 Å². The first-order valence-electron chi connectivity index (χ1n) is 7.61. The molecule has 4 atom stereocenters. The van der Waals surface area contributed by atoms with Crippen molar-refractivity contribution in [2.24, 2.45) is 17.8 Å². The van der Waals surface area contributed by atoms with Crippen molar-refractivity contribution in [3.05, 3.63) is 0 Å². The highest BCUT2D eigenvalue weighted by atomic mass is 16.6. The molecule has 0 aromatic carbocycles. The fourth-order valence-corrected chi connectivity index (χ4v) is 3.60. The predicted molar refractivity (Wildman–Crippen MR) is 73.2 cm³/mol. The molecule has 0 saturated heterocycles. The highest BCUT2D eigenvalue weighted by molar-refractivity contribution is 5.70. The number of carbonyl (C=O) groups excluding carboxylic acids is 1. The minimum atomic E-state index is -0.535. The van der Waals surface area contributed by atoms with E-state index in [0.29, 0.717) is 31.7 Å². The largest absolute Gasteiger partial charge is 0.463 e. The number of aliphatic hydroxyl groups is 1. The predicted octanol–water partition coefficient (Wildman–Crippen LogP) is 1.38. The third-order valence-corrected chi connectivity index (χ3v) is 4.59. The van der Waals surface area contributed by atoms with E-state index in [9.17, 15) is 9.90 Å². The van der Waals surface area contributed by atoms with Crippen LogP contribution in [0, 0.1) is 17.8 Å². The minimum absolute atomic E-state index is 0.117. The van der Waals surface area contributed by atoms with Gasteiger partial charge in [-0.15, -0.1) is 0 Å². The molecule has 2 rings (SSSR count). The standard InChI is InChI=1S/C15H26O5/c1-18-4-5-19-6-7-20-15(17)10-14(16)13-9-11-2-3-12(13)8-11/h11-14,16H,2-10H2,1H3. The van der Waals surface area contributed by atoms with Crippen molar-refractivity contribution in [1.29, 1.82) is 0 Å². The van der Waals surface area contributed by atoms with E-state index in [4.69, 9.17) is 14.2 Å². The van der Waals surface area contributed by atoms with Gasteiger partial charge >= 0.3 is 5.97 Å². The van der Waals surface area contributed by atoms with Crippen molar-refractivity contribution in [3.8, 4) is 0 Å². The molecule has 116 valence electrons. The number of hydrogen-bond donors (Lipinski definition) is 1. The van der Waals surface area contributed by atoms with Crippen molar-refractivity contribution < 1.29 is 24.1 Å². The van der Waals surface area contributed by atoms with Crippen LogP contribution in [0.4, 0.5) is 0 Å². The van der Waals surface area contributed by atoms with E-state index in [1.54, 1.807) is 7.11 Å². The molecule has 4 unspecified atom stereocenters. The lowest BCUT2D eigenvalue weighted by atomic mass is 9.83. The molecule has 0 aromatic heterocycles. The number of fused-ring (bicyclic) bond motifs is 2. The summed E-state index contributed by atoms with van der Waals surface area (Å²) in [5.74, 6) is 1.39. The molecular weight excluding hydrogens is 260 g/mol. The lowest BCUT2D eigenvalue weighted by Gasteiger charge is -2.26. The van der Waals surface area contributed by atoms with E-state index in [0.717, 1.165) is 12.3 Å². The first-order chi connectivity index (χ1) is 9.70. The van der Waals surface area contributed by atoms with Gasteiger partial charge in [-0.3, -0.25) is 4.79 Å². The van der Waals surface area contributed by atoms with E-state index in [-0.39, 0.29) is 19.0 Å². The summed E-state index contributed by atoms with van der Waals surface area (Å²) in [5.41, 5.74) is 0. The highest BCUT2D eigenvalue weighted by Gasteiger charge is 2.43. The summed E-state index contributed by atoms with van der Waals surface area (Å²) in [7, 11) is 1.61. The molecule has 0 spiro atoms. The zero-order chi connectivity index (χ0) is 14.4. The number of esters is 1. The maximum atomic E-state index is 11.6. The average Bonchev–Trinajstić information content (AvgIpc) is 3.05. The lowest BCUT2D eigenvalue weighted by molar-refractivity contribution is -0.148. The number of rotatable bonds is 9. The van der Waals surface area contributed by atoms with Crippen LogP contribution < -0.4 is 0 Å². The van der Waals surface area contributed by atoms with Crippen molar-refractivity contribution in [3.63, 3.8) is 0 Å². The van der Waals surface area contributed by atoms with E-state index in [2.05, 4.69) is 0 Å². The monoisotopic (exact) mass is 286 g/mol. The van der Waals surface area contributed by atoms with Gasteiger partial charge in [-0.05, 0) is 37.0 Å². The molecule has 1 N–H and O–H groups in total. The van der Waals surface area contributed by atoms with Gasteiger partial charge in [-0.2, -0.15) is 0 Å². The second kappa shape index (κ2) is 7.96. The van der Waals surface area contributed by atoms with Crippen LogP contribution in [0.5, 0.6) is 0 Å². The molecule has 0 aromatic rings. The summed E-state index contributed by atoms with van der Waals surface area (Å²) in [6.07, 6.45) is 4.42. The molecule has 0 aliphatic heterocycles. The van der Waals surface area contributed by atoms with Crippen LogP contribution in [0.3, 0.4) is 0 Å². The van der Waals surface area contributed by atoms with Gasteiger partial charge in [0.25, 0.3) is 0 Å². The zero-order valence-electron chi connectivity index (χ0n) is 12.3. The van der Waals surface area contributed by atoms with Crippen molar-refractivity contribution in [1.82, 2.24) is 0 Å². The van der Waals surface area contributed by atoms with Crippen LogP contribution in [0.1, 0.15) is 32.1 Å². The number of aliphatic hydroxyl groups excluding tert-OH is 1. The van der Waals surface area contributed by atoms with Crippen LogP contribution in [0.2, 0.25) is 0 Å². The Balaban J connectivity index is 1.55. The van der Waals surface area contributed by atoms with Crippen molar-refractivity contribution in [2.45, 2.75) is 38.2 Å². The Labute approximate surface area is 120 Å². The number of ether oxygens (including phenoxy) is 3. The molecule has 2 bridgehead atoms. The zero-order valence-corrected chi connectivity index (χ0v) is 12.3. The van der Waals surface area contributed by atoms with Gasteiger partial charge in [0, 0.05) is 7.11 Å². The quantitative estimate of drug-likeness (QED) is 0.512. The topological polar surface area (TPSA) is 65.0 Å². The summed E-state index contributed by atoms with van der Waals surface area (Å²) >= 11 is 0. The first kappa shape index (κ1) is 15.7. The average molecular weight is 286 g/mol. The molecule has 2 fully saturated rings. The van der Waals surface area contributed by atoms with Crippen LogP contribution in [-0.4, -0.2) is 50.7 Å². The Bertz CT molecular complexity index is 307. The van der Waals surface area contributed by atoms with Gasteiger partial charge in [0.2, 0.25) is 0 Å². The normalized spacial score (nSPS) is 29.6. The minimum Gasteiger partial charge on any atom is -0.463 e. The Morgan fingerprint density at radius 1 is 1.20 bits per heavy atom. The molecular formula is C15H26O5. The molecule has 2 aliphatic carbocycles. The Kier molecular flexibility index (Phi) is 6.26. The van der Waals surface area contributed by atoms with Gasteiger partial charge in [0.05, 0.1) is 32.3 Å². The SMILES string of the molecule is COCCOCCOC(=O)CC(O)C1CC2CCC1C2. The molecule has 0 heterocycles. The molecule has 2 aliphatic rings. The van der Waals surface area contributed by atoms with Crippen molar-refractivity contribution in [2.75, 3.05) is 33.5 Å². The Morgan fingerprint density at radius 2 is 2.00 bits per heavy atom. The number of methoxy groups -OCH3 is 1. The third kappa shape index (κ3) is 4.43. The molecule has 20 heavy (non-hydrogen) atoms. The molecule has 0 amide bonds. The first-order valence-corrected chi connectivity index (χ1v) is 7.61. The fourth-order valence-electron chi connectivity index (χ4n) is 3.60. The van der Waals surface area contributed by atoms with Gasteiger partial charge in [-0.1, -0.05) is 6.42 Å².